The standard InChI is InChI=1S/C28H26ClN3O4/c1-18-14-21(7-8-22(18)29)34-11-10-31-24-5-3-2-4-23(24)30-28(31)19-15-27(33)32(17-19)20-6-9-25-26(16-20)36-13-12-35-25/h2-9,14,16,19H,10-13,15,17H2,1H3. The number of imidazole rings is 1. The molecule has 1 aromatic heterocycles. The van der Waals surface area contributed by atoms with Crippen LogP contribution < -0.4 is 19.1 Å². The molecule has 1 fully saturated rings. The van der Waals surface area contributed by atoms with Gasteiger partial charge in [-0.25, -0.2) is 4.98 Å². The Morgan fingerprint density at radius 2 is 1.89 bits per heavy atom. The lowest BCUT2D eigenvalue weighted by Crippen LogP contribution is -2.25. The number of halogens is 1. The number of ether oxygens (including phenoxy) is 3. The summed E-state index contributed by atoms with van der Waals surface area (Å²) in [6.45, 7) is 4.65. The van der Waals surface area contributed by atoms with E-state index in [1.807, 2.05) is 66.4 Å². The number of carbonyl (C=O) groups is 1. The van der Waals surface area contributed by atoms with Gasteiger partial charge in [0.2, 0.25) is 5.91 Å². The van der Waals surface area contributed by atoms with Crippen molar-refractivity contribution in [3.63, 3.8) is 0 Å². The van der Waals surface area contributed by atoms with Gasteiger partial charge in [-0.05, 0) is 55.0 Å². The van der Waals surface area contributed by atoms with Crippen molar-refractivity contribution < 1.29 is 19.0 Å². The molecule has 3 heterocycles. The smallest absolute Gasteiger partial charge is 0.227 e. The van der Waals surface area contributed by atoms with E-state index in [0.717, 1.165) is 38.9 Å². The molecular weight excluding hydrogens is 478 g/mol. The van der Waals surface area contributed by atoms with Crippen molar-refractivity contribution in [3.8, 4) is 17.2 Å². The quantitative estimate of drug-likeness (QED) is 0.354. The van der Waals surface area contributed by atoms with Crippen LogP contribution in [0.1, 0.15) is 23.7 Å². The highest BCUT2D eigenvalue weighted by Gasteiger charge is 2.35. The lowest BCUT2D eigenvalue weighted by atomic mass is 10.1. The molecule has 1 atom stereocenters. The number of fused-ring (bicyclic) bond motifs is 2. The number of para-hydroxylation sites is 2. The van der Waals surface area contributed by atoms with Gasteiger partial charge in [-0.1, -0.05) is 23.7 Å². The molecule has 2 aliphatic heterocycles. The van der Waals surface area contributed by atoms with E-state index >= 15 is 0 Å². The summed E-state index contributed by atoms with van der Waals surface area (Å²) in [6.07, 6.45) is 0.398. The summed E-state index contributed by atoms with van der Waals surface area (Å²) < 4.78 is 19.6. The molecule has 0 bridgehead atoms. The van der Waals surface area contributed by atoms with Crippen molar-refractivity contribution in [2.24, 2.45) is 0 Å². The number of amides is 1. The number of hydrogen-bond acceptors (Lipinski definition) is 5. The van der Waals surface area contributed by atoms with E-state index in [2.05, 4.69) is 10.6 Å². The van der Waals surface area contributed by atoms with Crippen LogP contribution in [-0.2, 0) is 11.3 Å². The van der Waals surface area contributed by atoms with Crippen LogP contribution in [0.3, 0.4) is 0 Å². The molecule has 0 saturated carbocycles. The maximum atomic E-state index is 13.1. The lowest BCUT2D eigenvalue weighted by Gasteiger charge is -2.22. The van der Waals surface area contributed by atoms with E-state index < -0.39 is 0 Å². The van der Waals surface area contributed by atoms with Gasteiger partial charge in [0.1, 0.15) is 31.4 Å². The molecule has 4 aromatic rings. The van der Waals surface area contributed by atoms with Crippen LogP contribution in [0, 0.1) is 6.92 Å². The first-order valence-electron chi connectivity index (χ1n) is 12.1. The highest BCUT2D eigenvalue weighted by molar-refractivity contribution is 6.31. The fourth-order valence-electron chi connectivity index (χ4n) is 4.93. The minimum absolute atomic E-state index is 0.0316. The Bertz CT molecular complexity index is 1450. The second-order valence-electron chi connectivity index (χ2n) is 9.10. The third-order valence-electron chi connectivity index (χ3n) is 6.72. The molecule has 0 spiro atoms. The first kappa shape index (κ1) is 22.7. The number of nitrogens with zero attached hydrogens (tertiary/aromatic N) is 3. The first-order valence-corrected chi connectivity index (χ1v) is 12.5. The summed E-state index contributed by atoms with van der Waals surface area (Å²) >= 11 is 6.14. The summed E-state index contributed by atoms with van der Waals surface area (Å²) in [4.78, 5) is 19.9. The van der Waals surface area contributed by atoms with Gasteiger partial charge in [-0.3, -0.25) is 4.79 Å². The van der Waals surface area contributed by atoms with Crippen molar-refractivity contribution >= 4 is 34.2 Å². The van der Waals surface area contributed by atoms with Gasteiger partial charge >= 0.3 is 0 Å². The lowest BCUT2D eigenvalue weighted by molar-refractivity contribution is -0.117. The second-order valence-corrected chi connectivity index (χ2v) is 9.51. The molecule has 8 heteroatoms. The Labute approximate surface area is 214 Å². The van der Waals surface area contributed by atoms with Crippen molar-refractivity contribution in [2.75, 3.05) is 31.3 Å². The van der Waals surface area contributed by atoms with Crippen molar-refractivity contribution in [1.82, 2.24) is 9.55 Å². The SMILES string of the molecule is Cc1cc(OCCn2c(C3CC(=O)N(c4ccc5c(c4)OCCO5)C3)nc3ccccc32)ccc1Cl. The topological polar surface area (TPSA) is 65.8 Å². The van der Waals surface area contributed by atoms with Gasteiger partial charge in [0.05, 0.1) is 17.6 Å². The second kappa shape index (κ2) is 9.39. The zero-order valence-corrected chi connectivity index (χ0v) is 20.7. The highest BCUT2D eigenvalue weighted by Crippen LogP contribution is 2.38. The minimum Gasteiger partial charge on any atom is -0.492 e. The average Bonchev–Trinajstić information content (AvgIpc) is 3.46. The van der Waals surface area contributed by atoms with Crippen molar-refractivity contribution in [1.29, 1.82) is 0 Å². The summed E-state index contributed by atoms with van der Waals surface area (Å²) in [5, 5.41) is 0.721. The fraction of sp³-hybridized carbons (Fsp3) is 0.286. The van der Waals surface area contributed by atoms with E-state index in [0.29, 0.717) is 50.8 Å². The number of hydrogen-bond donors (Lipinski definition) is 0. The maximum absolute atomic E-state index is 13.1. The molecule has 36 heavy (non-hydrogen) atoms. The van der Waals surface area contributed by atoms with Gasteiger partial charge in [0.15, 0.2) is 11.5 Å². The van der Waals surface area contributed by atoms with Gasteiger partial charge in [-0.15, -0.1) is 0 Å². The third-order valence-corrected chi connectivity index (χ3v) is 7.15. The van der Waals surface area contributed by atoms with E-state index in [4.69, 9.17) is 30.8 Å². The first-order chi connectivity index (χ1) is 17.6. The number of aromatic nitrogens is 2. The number of benzene rings is 3. The average molecular weight is 504 g/mol. The molecule has 0 aliphatic carbocycles. The molecule has 184 valence electrons. The van der Waals surface area contributed by atoms with Gasteiger partial charge in [0.25, 0.3) is 0 Å². The van der Waals surface area contributed by atoms with Crippen molar-refractivity contribution in [3.05, 3.63) is 77.1 Å². The Balaban J connectivity index is 1.24. The summed E-state index contributed by atoms with van der Waals surface area (Å²) in [6, 6.07) is 19.4. The Kier molecular flexibility index (Phi) is 5.93. The molecule has 6 rings (SSSR count). The van der Waals surface area contributed by atoms with Gasteiger partial charge < -0.3 is 23.7 Å². The summed E-state index contributed by atoms with van der Waals surface area (Å²) in [5.41, 5.74) is 3.75. The highest BCUT2D eigenvalue weighted by atomic mass is 35.5. The third kappa shape index (κ3) is 4.24. The molecule has 1 amide bonds. The fourth-order valence-corrected chi connectivity index (χ4v) is 5.05. The van der Waals surface area contributed by atoms with Crippen molar-refractivity contribution in [2.45, 2.75) is 25.8 Å². The van der Waals surface area contributed by atoms with E-state index in [1.54, 1.807) is 0 Å². The summed E-state index contributed by atoms with van der Waals surface area (Å²) in [5.74, 6) is 3.12. The normalized spacial score (nSPS) is 17.1. The molecular formula is C28H26ClN3O4. The predicted octanol–water partition coefficient (Wildman–Crippen LogP) is 5.37. The minimum atomic E-state index is -0.0316. The van der Waals surface area contributed by atoms with Crippen LogP contribution in [0.15, 0.2) is 60.7 Å². The van der Waals surface area contributed by atoms with Gasteiger partial charge in [0, 0.05) is 35.7 Å². The van der Waals surface area contributed by atoms with Crippen LogP contribution in [0.4, 0.5) is 5.69 Å². The zero-order chi connectivity index (χ0) is 24.6. The van der Waals surface area contributed by atoms with Gasteiger partial charge in [-0.2, -0.15) is 0 Å². The maximum Gasteiger partial charge on any atom is 0.227 e. The summed E-state index contributed by atoms with van der Waals surface area (Å²) in [7, 11) is 0. The molecule has 2 aliphatic rings. The molecule has 0 N–H and O–H groups in total. The number of anilines is 1. The number of rotatable bonds is 6. The Morgan fingerprint density at radius 1 is 1.06 bits per heavy atom. The largest absolute Gasteiger partial charge is 0.492 e. The molecule has 1 saturated heterocycles. The number of carbonyl (C=O) groups excluding carboxylic acids is 1. The Morgan fingerprint density at radius 3 is 2.75 bits per heavy atom. The zero-order valence-electron chi connectivity index (χ0n) is 19.9. The monoisotopic (exact) mass is 503 g/mol. The van der Waals surface area contributed by atoms with Crippen LogP contribution in [0.5, 0.6) is 17.2 Å². The van der Waals surface area contributed by atoms with E-state index in [9.17, 15) is 4.79 Å². The molecule has 3 aromatic carbocycles. The number of aryl methyl sites for hydroxylation is 1. The predicted molar refractivity (Wildman–Crippen MR) is 139 cm³/mol. The van der Waals surface area contributed by atoms with Crippen LogP contribution >= 0.6 is 11.6 Å². The van der Waals surface area contributed by atoms with E-state index in [-0.39, 0.29) is 11.8 Å². The van der Waals surface area contributed by atoms with Crippen LogP contribution in [-0.4, -0.2) is 41.8 Å². The molecule has 7 nitrogen and oxygen atoms in total. The molecule has 0 radical (unpaired) electrons. The molecule has 1 unspecified atom stereocenters. The Hall–Kier alpha value is -3.71. The van der Waals surface area contributed by atoms with Crippen LogP contribution in [0.2, 0.25) is 5.02 Å². The van der Waals surface area contributed by atoms with Crippen LogP contribution in [0.25, 0.3) is 11.0 Å². The van der Waals surface area contributed by atoms with E-state index in [1.165, 1.54) is 0 Å².